The van der Waals surface area contributed by atoms with Gasteiger partial charge < -0.3 is 15.3 Å². The van der Waals surface area contributed by atoms with Crippen LogP contribution < -0.4 is 5.32 Å². The van der Waals surface area contributed by atoms with Gasteiger partial charge in [0.2, 0.25) is 0 Å². The Kier molecular flexibility index (Phi) is 6.82. The lowest BCUT2D eigenvalue weighted by atomic mass is 9.98. The fraction of sp³-hybridized carbons (Fsp3) is 0.867. The number of amides is 2. The van der Waals surface area contributed by atoms with Crippen molar-refractivity contribution in [2.75, 3.05) is 13.1 Å². The number of aliphatic carboxylic acids is 1. The first-order valence-electron chi connectivity index (χ1n) is 7.71. The van der Waals surface area contributed by atoms with Gasteiger partial charge in [0, 0.05) is 19.1 Å². The Balaban J connectivity index is 2.53. The fourth-order valence-electron chi connectivity index (χ4n) is 2.67. The van der Waals surface area contributed by atoms with Gasteiger partial charge in [0.15, 0.2) is 0 Å². The quantitative estimate of drug-likeness (QED) is 0.815. The molecule has 1 fully saturated rings. The maximum Gasteiger partial charge on any atom is 0.317 e. The van der Waals surface area contributed by atoms with E-state index in [2.05, 4.69) is 12.2 Å². The number of carboxylic acids is 1. The summed E-state index contributed by atoms with van der Waals surface area (Å²) in [6, 6.07) is -0.410. The van der Waals surface area contributed by atoms with Gasteiger partial charge in [0.25, 0.3) is 0 Å². The molecule has 1 aliphatic rings. The van der Waals surface area contributed by atoms with Crippen LogP contribution in [0.2, 0.25) is 0 Å². The van der Waals surface area contributed by atoms with Crippen LogP contribution in [0, 0.1) is 11.8 Å². The molecule has 0 radical (unpaired) electrons. The van der Waals surface area contributed by atoms with Crippen molar-refractivity contribution in [1.82, 2.24) is 10.2 Å². The lowest BCUT2D eigenvalue weighted by molar-refractivity contribution is -0.137. The van der Waals surface area contributed by atoms with Gasteiger partial charge in [0.1, 0.15) is 0 Å². The van der Waals surface area contributed by atoms with Gasteiger partial charge in [-0.3, -0.25) is 4.79 Å². The van der Waals surface area contributed by atoms with Gasteiger partial charge >= 0.3 is 12.0 Å². The van der Waals surface area contributed by atoms with Crippen LogP contribution in [0.25, 0.3) is 0 Å². The van der Waals surface area contributed by atoms with E-state index >= 15 is 0 Å². The molecular formula is C15H28N2O3. The average molecular weight is 284 g/mol. The molecule has 1 heterocycles. The molecule has 0 aromatic rings. The van der Waals surface area contributed by atoms with Crippen LogP contribution >= 0.6 is 0 Å². The number of carbonyl (C=O) groups is 2. The molecule has 0 saturated carbocycles. The van der Waals surface area contributed by atoms with Crippen LogP contribution in [0.1, 0.15) is 52.9 Å². The van der Waals surface area contributed by atoms with Crippen molar-refractivity contribution in [2.24, 2.45) is 11.8 Å². The number of nitrogens with one attached hydrogen (secondary N) is 1. The smallest absolute Gasteiger partial charge is 0.317 e. The van der Waals surface area contributed by atoms with Gasteiger partial charge in [-0.15, -0.1) is 0 Å². The van der Waals surface area contributed by atoms with Crippen LogP contribution in [-0.4, -0.2) is 41.1 Å². The van der Waals surface area contributed by atoms with E-state index in [1.54, 1.807) is 0 Å². The van der Waals surface area contributed by atoms with E-state index in [4.69, 9.17) is 5.11 Å². The number of hydrogen-bond donors (Lipinski definition) is 2. The number of urea groups is 1. The third-order valence-electron chi connectivity index (χ3n) is 4.22. The number of rotatable bonds is 5. The zero-order chi connectivity index (χ0) is 15.1. The third-order valence-corrected chi connectivity index (χ3v) is 4.22. The Bertz CT molecular complexity index is 331. The van der Waals surface area contributed by atoms with E-state index in [-0.39, 0.29) is 24.4 Å². The highest BCUT2D eigenvalue weighted by Gasteiger charge is 2.24. The van der Waals surface area contributed by atoms with E-state index < -0.39 is 5.97 Å². The summed E-state index contributed by atoms with van der Waals surface area (Å²) in [5.41, 5.74) is 0. The highest BCUT2D eigenvalue weighted by Crippen LogP contribution is 2.20. The molecule has 116 valence electrons. The molecule has 2 N–H and O–H groups in total. The summed E-state index contributed by atoms with van der Waals surface area (Å²) < 4.78 is 0. The van der Waals surface area contributed by atoms with E-state index in [1.165, 1.54) is 12.8 Å². The molecule has 2 unspecified atom stereocenters. The Morgan fingerprint density at radius 2 is 2.00 bits per heavy atom. The zero-order valence-corrected chi connectivity index (χ0v) is 12.9. The summed E-state index contributed by atoms with van der Waals surface area (Å²) >= 11 is 0. The maximum atomic E-state index is 12.3. The molecule has 20 heavy (non-hydrogen) atoms. The molecule has 1 saturated heterocycles. The Morgan fingerprint density at radius 3 is 2.55 bits per heavy atom. The monoisotopic (exact) mass is 284 g/mol. The first-order chi connectivity index (χ1) is 9.43. The summed E-state index contributed by atoms with van der Waals surface area (Å²) in [6.45, 7) is 7.62. The standard InChI is InChI=1S/C15H28N2O3/c1-4-12-6-5-8-17(9-7-12)15(20)16-13(11(2)3)10-14(18)19/h11-13H,4-10H2,1-3H3,(H,16,20)(H,18,19). The van der Waals surface area contributed by atoms with Crippen molar-refractivity contribution < 1.29 is 14.7 Å². The van der Waals surface area contributed by atoms with Crippen molar-refractivity contribution in [1.29, 1.82) is 0 Å². The molecule has 2 amide bonds. The van der Waals surface area contributed by atoms with Crippen molar-refractivity contribution in [3.8, 4) is 0 Å². The molecular weight excluding hydrogens is 256 g/mol. The molecule has 0 aromatic heterocycles. The minimum atomic E-state index is -0.870. The highest BCUT2D eigenvalue weighted by atomic mass is 16.4. The molecule has 5 nitrogen and oxygen atoms in total. The highest BCUT2D eigenvalue weighted by molar-refractivity contribution is 5.76. The van der Waals surface area contributed by atoms with Crippen LogP contribution in [0.5, 0.6) is 0 Å². The van der Waals surface area contributed by atoms with Gasteiger partial charge in [-0.1, -0.05) is 27.2 Å². The molecule has 0 aromatic carbocycles. The summed E-state index contributed by atoms with van der Waals surface area (Å²) in [5.74, 6) is -0.0379. The fourth-order valence-corrected chi connectivity index (χ4v) is 2.67. The Morgan fingerprint density at radius 1 is 1.30 bits per heavy atom. The van der Waals surface area contributed by atoms with E-state index in [9.17, 15) is 9.59 Å². The van der Waals surface area contributed by atoms with Gasteiger partial charge in [-0.25, -0.2) is 4.79 Å². The first-order valence-corrected chi connectivity index (χ1v) is 7.71. The lowest BCUT2D eigenvalue weighted by Gasteiger charge is -2.26. The Hall–Kier alpha value is -1.26. The van der Waals surface area contributed by atoms with Crippen molar-refractivity contribution in [2.45, 2.75) is 58.9 Å². The average Bonchev–Trinajstić information content (AvgIpc) is 2.62. The molecule has 1 aliphatic heterocycles. The number of carboxylic acid groups (broad SMARTS) is 1. The number of hydrogen-bond acceptors (Lipinski definition) is 2. The second kappa shape index (κ2) is 8.12. The second-order valence-corrected chi connectivity index (χ2v) is 6.09. The minimum absolute atomic E-state index is 0.0190. The van der Waals surface area contributed by atoms with Crippen LogP contribution in [0.15, 0.2) is 0 Å². The normalized spacial score (nSPS) is 21.4. The first kappa shape index (κ1) is 16.8. The second-order valence-electron chi connectivity index (χ2n) is 6.09. The van der Waals surface area contributed by atoms with Crippen LogP contribution in [0.4, 0.5) is 4.79 Å². The number of carbonyl (C=O) groups excluding carboxylic acids is 1. The topological polar surface area (TPSA) is 69.6 Å². The molecule has 0 aliphatic carbocycles. The van der Waals surface area contributed by atoms with Crippen molar-refractivity contribution >= 4 is 12.0 Å². The summed E-state index contributed by atoms with van der Waals surface area (Å²) in [7, 11) is 0. The molecule has 5 heteroatoms. The third kappa shape index (κ3) is 5.39. The van der Waals surface area contributed by atoms with Crippen molar-refractivity contribution in [3.63, 3.8) is 0 Å². The predicted octanol–water partition coefficient (Wildman–Crippen LogP) is 2.71. The van der Waals surface area contributed by atoms with E-state index in [0.717, 1.165) is 25.9 Å². The van der Waals surface area contributed by atoms with Crippen LogP contribution in [-0.2, 0) is 4.79 Å². The van der Waals surface area contributed by atoms with Crippen molar-refractivity contribution in [3.05, 3.63) is 0 Å². The summed E-state index contributed by atoms with van der Waals surface area (Å²) in [4.78, 5) is 24.9. The van der Waals surface area contributed by atoms with Gasteiger partial charge in [0.05, 0.1) is 6.42 Å². The van der Waals surface area contributed by atoms with E-state index in [0.29, 0.717) is 5.92 Å². The summed E-state index contributed by atoms with van der Waals surface area (Å²) in [6.07, 6.45) is 4.42. The Labute approximate surface area is 121 Å². The zero-order valence-electron chi connectivity index (χ0n) is 12.9. The van der Waals surface area contributed by atoms with Gasteiger partial charge in [-0.05, 0) is 31.1 Å². The largest absolute Gasteiger partial charge is 0.481 e. The number of likely N-dealkylation sites (tertiary alicyclic amines) is 1. The predicted molar refractivity (Wildman–Crippen MR) is 78.6 cm³/mol. The molecule has 1 rings (SSSR count). The lowest BCUT2D eigenvalue weighted by Crippen LogP contribution is -2.47. The SMILES string of the molecule is CCC1CCCN(C(=O)NC(CC(=O)O)C(C)C)CC1. The molecule has 0 bridgehead atoms. The minimum Gasteiger partial charge on any atom is -0.481 e. The van der Waals surface area contributed by atoms with E-state index in [1.807, 2.05) is 18.7 Å². The maximum absolute atomic E-state index is 12.3. The van der Waals surface area contributed by atoms with Crippen LogP contribution in [0.3, 0.4) is 0 Å². The van der Waals surface area contributed by atoms with Gasteiger partial charge in [-0.2, -0.15) is 0 Å². The molecule has 0 spiro atoms. The summed E-state index contributed by atoms with van der Waals surface area (Å²) in [5, 5.41) is 11.8. The number of nitrogens with zero attached hydrogens (tertiary/aromatic N) is 1. The molecule has 2 atom stereocenters.